The second kappa shape index (κ2) is 9.22. The Labute approximate surface area is 173 Å². The largest absolute Gasteiger partial charge is 0.463 e. The van der Waals surface area contributed by atoms with Gasteiger partial charge in [0.25, 0.3) is 0 Å². The smallest absolute Gasteiger partial charge is 0.336 e. The number of ether oxygens (including phenoxy) is 1. The van der Waals surface area contributed by atoms with Crippen molar-refractivity contribution in [1.82, 2.24) is 0 Å². The number of thioether (sulfide) groups is 1. The maximum Gasteiger partial charge on any atom is 0.336 e. The minimum Gasteiger partial charge on any atom is -0.463 e. The van der Waals surface area contributed by atoms with Crippen LogP contribution in [-0.2, 0) is 15.3 Å². The Balaban J connectivity index is 1.95. The van der Waals surface area contributed by atoms with Crippen molar-refractivity contribution in [3.63, 3.8) is 0 Å². The molecule has 0 radical (unpaired) electrons. The van der Waals surface area contributed by atoms with Crippen molar-refractivity contribution in [2.24, 2.45) is 10.9 Å². The van der Waals surface area contributed by atoms with Crippen LogP contribution in [0, 0.1) is 24.2 Å². The van der Waals surface area contributed by atoms with Crippen molar-refractivity contribution < 1.29 is 9.53 Å². The van der Waals surface area contributed by atoms with Gasteiger partial charge in [-0.1, -0.05) is 35.9 Å². The van der Waals surface area contributed by atoms with Gasteiger partial charge >= 0.3 is 5.97 Å². The van der Waals surface area contributed by atoms with Crippen LogP contribution in [0.25, 0.3) is 0 Å². The van der Waals surface area contributed by atoms with Gasteiger partial charge in [0.2, 0.25) is 0 Å². The number of aliphatic imine (C=N–C) groups is 1. The monoisotopic (exact) mass is 410 g/mol. The van der Waals surface area contributed by atoms with E-state index in [9.17, 15) is 10.1 Å². The van der Waals surface area contributed by atoms with Crippen LogP contribution in [0.2, 0.25) is 0 Å². The van der Waals surface area contributed by atoms with Gasteiger partial charge in [0.1, 0.15) is 5.92 Å². The zero-order chi connectivity index (χ0) is 20.1. The fourth-order valence-corrected chi connectivity index (χ4v) is 5.13. The van der Waals surface area contributed by atoms with Crippen molar-refractivity contribution in [1.29, 1.82) is 5.26 Å². The van der Waals surface area contributed by atoms with Crippen LogP contribution < -0.4 is 0 Å². The molecule has 0 bridgehead atoms. The molecule has 2 aromatic rings. The van der Waals surface area contributed by atoms with E-state index in [1.807, 2.05) is 24.4 Å². The summed E-state index contributed by atoms with van der Waals surface area (Å²) >= 11 is 3.12. The number of benzene rings is 1. The molecule has 0 unspecified atom stereocenters. The molecule has 2 heterocycles. The zero-order valence-electron chi connectivity index (χ0n) is 16.1. The molecule has 0 saturated heterocycles. The number of nitrogens with zero attached hydrogens (tertiary/aromatic N) is 2. The summed E-state index contributed by atoms with van der Waals surface area (Å²) in [7, 11) is 0. The van der Waals surface area contributed by atoms with Gasteiger partial charge in [-0.2, -0.15) is 5.26 Å². The summed E-state index contributed by atoms with van der Waals surface area (Å²) < 4.78 is 5.27. The first-order valence-electron chi connectivity index (χ1n) is 9.13. The minimum atomic E-state index is -0.503. The molecule has 2 atom stereocenters. The quantitative estimate of drug-likeness (QED) is 0.614. The first-order valence-corrected chi connectivity index (χ1v) is 11.0. The predicted octanol–water partition coefficient (Wildman–Crippen LogP) is 5.46. The maximum atomic E-state index is 12.6. The lowest BCUT2D eigenvalue weighted by Gasteiger charge is -2.28. The first kappa shape index (κ1) is 20.4. The molecular weight excluding hydrogens is 388 g/mol. The van der Waals surface area contributed by atoms with E-state index in [0.717, 1.165) is 15.7 Å². The van der Waals surface area contributed by atoms with E-state index < -0.39 is 5.92 Å². The standard InChI is InChI=1S/C22H22N2O2S2/c1-4-26-22(25)19-15(3)24-21(28-13-16-9-7-14(2)8-10-16)17(12-23)20(19)18-6-5-11-27-18/h5-11,17,20H,4,13H2,1-3H3/t17-,20-/m0/s1. The molecule has 1 aromatic carbocycles. The Kier molecular flexibility index (Phi) is 6.71. The third-order valence-corrected chi connectivity index (χ3v) is 6.64. The molecule has 0 amide bonds. The number of nitriles is 1. The number of rotatable bonds is 5. The molecule has 4 nitrogen and oxygen atoms in total. The first-order chi connectivity index (χ1) is 13.5. The summed E-state index contributed by atoms with van der Waals surface area (Å²) in [5.74, 6) is -0.500. The highest BCUT2D eigenvalue weighted by atomic mass is 32.2. The molecule has 28 heavy (non-hydrogen) atoms. The van der Waals surface area contributed by atoms with E-state index in [1.54, 1.807) is 30.0 Å². The Morgan fingerprint density at radius 2 is 2.04 bits per heavy atom. The Morgan fingerprint density at radius 1 is 1.29 bits per heavy atom. The van der Waals surface area contributed by atoms with Crippen molar-refractivity contribution in [3.05, 3.63) is 69.1 Å². The van der Waals surface area contributed by atoms with E-state index >= 15 is 0 Å². The van der Waals surface area contributed by atoms with Gasteiger partial charge in [-0.15, -0.1) is 23.1 Å². The molecule has 1 aromatic heterocycles. The van der Waals surface area contributed by atoms with E-state index in [0.29, 0.717) is 17.9 Å². The van der Waals surface area contributed by atoms with Crippen molar-refractivity contribution in [3.8, 4) is 6.07 Å². The lowest BCUT2D eigenvalue weighted by atomic mass is 9.83. The molecule has 0 aliphatic carbocycles. The molecular formula is C22H22N2O2S2. The highest BCUT2D eigenvalue weighted by molar-refractivity contribution is 8.13. The van der Waals surface area contributed by atoms with Gasteiger partial charge in [-0.3, -0.25) is 0 Å². The van der Waals surface area contributed by atoms with Gasteiger partial charge in [-0.05, 0) is 37.8 Å². The summed E-state index contributed by atoms with van der Waals surface area (Å²) in [5, 5.41) is 12.7. The van der Waals surface area contributed by atoms with Gasteiger partial charge in [0.05, 0.1) is 23.3 Å². The van der Waals surface area contributed by atoms with Crippen LogP contribution in [-0.4, -0.2) is 17.6 Å². The molecule has 1 aliphatic heterocycles. The Hall–Kier alpha value is -2.36. The van der Waals surface area contributed by atoms with Crippen molar-refractivity contribution in [2.45, 2.75) is 32.4 Å². The molecule has 0 spiro atoms. The number of carbonyl (C=O) groups is 1. The summed E-state index contributed by atoms with van der Waals surface area (Å²) in [4.78, 5) is 18.3. The molecule has 1 aliphatic rings. The van der Waals surface area contributed by atoms with E-state index in [4.69, 9.17) is 4.74 Å². The third kappa shape index (κ3) is 4.37. The number of thiophene rings is 1. The zero-order valence-corrected chi connectivity index (χ0v) is 17.8. The molecule has 3 rings (SSSR count). The van der Waals surface area contributed by atoms with Crippen LogP contribution >= 0.6 is 23.1 Å². The summed E-state index contributed by atoms with van der Waals surface area (Å²) in [6.45, 7) is 5.96. The second-order valence-corrected chi connectivity index (χ2v) is 8.52. The van der Waals surface area contributed by atoms with Gasteiger partial charge in [-0.25, -0.2) is 9.79 Å². The summed E-state index contributed by atoms with van der Waals surface area (Å²) in [6.07, 6.45) is 0. The van der Waals surface area contributed by atoms with Gasteiger partial charge in [0, 0.05) is 22.2 Å². The Bertz CT molecular complexity index is 938. The molecule has 0 N–H and O–H groups in total. The fourth-order valence-electron chi connectivity index (χ4n) is 3.18. The highest BCUT2D eigenvalue weighted by Gasteiger charge is 2.39. The fraction of sp³-hybridized carbons (Fsp3) is 0.318. The number of carbonyl (C=O) groups excluding carboxylic acids is 1. The number of esters is 1. The van der Waals surface area contributed by atoms with Crippen LogP contribution in [0.4, 0.5) is 0 Å². The summed E-state index contributed by atoms with van der Waals surface area (Å²) in [5.41, 5.74) is 3.53. The summed E-state index contributed by atoms with van der Waals surface area (Å²) in [6, 6.07) is 14.7. The van der Waals surface area contributed by atoms with Crippen LogP contribution in [0.5, 0.6) is 0 Å². The number of hydrogen-bond donors (Lipinski definition) is 0. The van der Waals surface area contributed by atoms with E-state index in [1.165, 1.54) is 11.1 Å². The average molecular weight is 411 g/mol. The maximum absolute atomic E-state index is 12.6. The van der Waals surface area contributed by atoms with Crippen molar-refractivity contribution >= 4 is 34.1 Å². The number of allylic oxidation sites excluding steroid dienone is 1. The SMILES string of the molecule is CCOC(=O)C1=C(C)N=C(SCc2ccc(C)cc2)[C@@H](C#N)[C@H]1c1cccs1. The molecule has 6 heteroatoms. The average Bonchev–Trinajstić information content (AvgIpc) is 3.21. The topological polar surface area (TPSA) is 62.4 Å². The molecule has 144 valence electrons. The minimum absolute atomic E-state index is 0.294. The lowest BCUT2D eigenvalue weighted by Crippen LogP contribution is -2.29. The number of aryl methyl sites for hydroxylation is 1. The molecule has 0 saturated carbocycles. The molecule has 0 fully saturated rings. The number of hydrogen-bond acceptors (Lipinski definition) is 6. The van der Waals surface area contributed by atoms with Crippen molar-refractivity contribution in [2.75, 3.05) is 6.61 Å². The lowest BCUT2D eigenvalue weighted by molar-refractivity contribution is -0.139. The van der Waals surface area contributed by atoms with Crippen LogP contribution in [0.1, 0.15) is 35.8 Å². The van der Waals surface area contributed by atoms with Gasteiger partial charge in [0.15, 0.2) is 0 Å². The third-order valence-electron chi connectivity index (χ3n) is 4.57. The van der Waals surface area contributed by atoms with E-state index in [2.05, 4.69) is 42.3 Å². The van der Waals surface area contributed by atoms with Gasteiger partial charge < -0.3 is 4.74 Å². The van der Waals surface area contributed by atoms with E-state index in [-0.39, 0.29) is 11.9 Å². The van der Waals surface area contributed by atoms with Crippen LogP contribution in [0.15, 0.2) is 58.0 Å². The highest BCUT2D eigenvalue weighted by Crippen LogP contribution is 2.43. The predicted molar refractivity (Wildman–Crippen MR) is 115 cm³/mol. The second-order valence-electron chi connectivity index (χ2n) is 6.54. The normalized spacial score (nSPS) is 19.1. The van der Waals surface area contributed by atoms with Crippen LogP contribution in [0.3, 0.4) is 0 Å². The Morgan fingerprint density at radius 3 is 2.64 bits per heavy atom.